The van der Waals surface area contributed by atoms with Crippen LogP contribution in [0, 0.1) is 11.3 Å². The second kappa shape index (κ2) is 7.43. The second-order valence-electron chi connectivity index (χ2n) is 4.60. The molecule has 0 aromatic heterocycles. The van der Waals surface area contributed by atoms with E-state index >= 15 is 0 Å². The molecule has 0 rings (SSSR count). The van der Waals surface area contributed by atoms with Crippen LogP contribution in [0.3, 0.4) is 0 Å². The lowest BCUT2D eigenvalue weighted by atomic mass is 9.67. The number of aliphatic carboxylic acids is 4. The maximum atomic E-state index is 10.9. The molecule has 114 valence electrons. The van der Waals surface area contributed by atoms with Gasteiger partial charge in [-0.1, -0.05) is 0 Å². The number of nitrogens with two attached hydrogens (primary N) is 1. The Morgan fingerprint density at radius 1 is 0.800 bits per heavy atom. The molecule has 0 aromatic carbocycles. The van der Waals surface area contributed by atoms with Crippen molar-refractivity contribution in [2.45, 2.75) is 25.7 Å². The minimum absolute atomic E-state index is 0.319. The van der Waals surface area contributed by atoms with Crippen LogP contribution in [0.4, 0.5) is 0 Å². The van der Waals surface area contributed by atoms with E-state index in [1.54, 1.807) is 0 Å². The summed E-state index contributed by atoms with van der Waals surface area (Å²) in [5, 5.41) is 35.4. The molecule has 1 unspecified atom stereocenters. The Morgan fingerprint density at radius 2 is 1.15 bits per heavy atom. The summed E-state index contributed by atoms with van der Waals surface area (Å²) < 4.78 is 0. The average molecular weight is 291 g/mol. The topological polar surface area (TPSA) is 175 Å². The number of carboxylic acids is 4. The normalized spacial score (nSPS) is 12.7. The number of rotatable bonds is 10. The monoisotopic (exact) mass is 291 g/mol. The molecule has 0 aromatic rings. The lowest BCUT2D eigenvalue weighted by molar-refractivity contribution is -0.153. The van der Waals surface area contributed by atoms with E-state index in [4.69, 9.17) is 26.2 Å². The summed E-state index contributed by atoms with van der Waals surface area (Å²) in [7, 11) is 0. The predicted octanol–water partition coefficient (Wildman–Crippen LogP) is -0.553. The average Bonchev–Trinajstić information content (AvgIpc) is 2.21. The predicted molar refractivity (Wildman–Crippen MR) is 64.0 cm³/mol. The van der Waals surface area contributed by atoms with Gasteiger partial charge in [-0.05, 0) is 12.5 Å². The number of hydrogen-bond acceptors (Lipinski definition) is 5. The van der Waals surface area contributed by atoms with Gasteiger partial charge in [0.1, 0.15) is 0 Å². The Bertz CT molecular complexity index is 364. The second-order valence-corrected chi connectivity index (χ2v) is 4.60. The van der Waals surface area contributed by atoms with E-state index in [1.807, 2.05) is 0 Å². The van der Waals surface area contributed by atoms with Crippen LogP contribution in [-0.4, -0.2) is 50.8 Å². The smallest absolute Gasteiger partial charge is 0.303 e. The van der Waals surface area contributed by atoms with Gasteiger partial charge < -0.3 is 26.2 Å². The zero-order chi connectivity index (χ0) is 15.9. The van der Waals surface area contributed by atoms with Gasteiger partial charge >= 0.3 is 23.9 Å². The van der Waals surface area contributed by atoms with Gasteiger partial charge in [0.2, 0.25) is 0 Å². The third kappa shape index (κ3) is 5.65. The molecule has 9 heteroatoms. The van der Waals surface area contributed by atoms with Crippen LogP contribution in [0.1, 0.15) is 25.7 Å². The van der Waals surface area contributed by atoms with Crippen molar-refractivity contribution >= 4 is 23.9 Å². The molecule has 0 amide bonds. The van der Waals surface area contributed by atoms with Crippen LogP contribution in [0.15, 0.2) is 0 Å². The van der Waals surface area contributed by atoms with E-state index in [2.05, 4.69) is 0 Å². The molecule has 6 N–H and O–H groups in total. The first-order valence-corrected chi connectivity index (χ1v) is 5.70. The molecule has 0 fully saturated rings. The van der Waals surface area contributed by atoms with Crippen LogP contribution >= 0.6 is 0 Å². The highest BCUT2D eigenvalue weighted by Gasteiger charge is 2.44. The van der Waals surface area contributed by atoms with Gasteiger partial charge in [-0.3, -0.25) is 19.2 Å². The first-order chi connectivity index (χ1) is 9.12. The van der Waals surface area contributed by atoms with Gasteiger partial charge in [0.05, 0.1) is 19.3 Å². The zero-order valence-electron chi connectivity index (χ0n) is 10.6. The van der Waals surface area contributed by atoms with Crippen molar-refractivity contribution in [3.8, 4) is 0 Å². The number of carbonyl (C=O) groups is 4. The summed E-state index contributed by atoms with van der Waals surface area (Å²) >= 11 is 0. The molecule has 0 heterocycles. The molecule has 0 radical (unpaired) electrons. The van der Waals surface area contributed by atoms with Crippen molar-refractivity contribution in [2.75, 3.05) is 6.54 Å². The molecule has 1 atom stereocenters. The molecule has 20 heavy (non-hydrogen) atoms. The van der Waals surface area contributed by atoms with Crippen molar-refractivity contribution in [3.63, 3.8) is 0 Å². The summed E-state index contributed by atoms with van der Waals surface area (Å²) in [5.74, 6) is -6.58. The fraction of sp³-hybridized carbons (Fsp3) is 0.636. The van der Waals surface area contributed by atoms with Crippen LogP contribution in [0.2, 0.25) is 0 Å². The largest absolute Gasteiger partial charge is 0.481 e. The van der Waals surface area contributed by atoms with Crippen molar-refractivity contribution in [1.29, 1.82) is 0 Å². The molecule has 0 bridgehead atoms. The molecule has 0 spiro atoms. The SMILES string of the molecule is NCC(CC(=O)O)C(CC(=O)O)(CC(=O)O)CC(=O)O. The maximum Gasteiger partial charge on any atom is 0.303 e. The zero-order valence-corrected chi connectivity index (χ0v) is 10.6. The summed E-state index contributed by atoms with van der Waals surface area (Å²) in [6.45, 7) is -0.319. The Hall–Kier alpha value is -2.16. The summed E-state index contributed by atoms with van der Waals surface area (Å²) in [4.78, 5) is 43.5. The van der Waals surface area contributed by atoms with E-state index in [1.165, 1.54) is 0 Å². The van der Waals surface area contributed by atoms with Crippen LogP contribution in [-0.2, 0) is 19.2 Å². The minimum atomic E-state index is -1.74. The van der Waals surface area contributed by atoms with Crippen molar-refractivity contribution in [2.24, 2.45) is 17.1 Å². The highest BCUT2D eigenvalue weighted by atomic mass is 16.4. The Kier molecular flexibility index (Phi) is 6.63. The molecule has 0 aliphatic heterocycles. The summed E-state index contributed by atoms with van der Waals surface area (Å²) in [5.41, 5.74) is 3.65. The molecule has 0 saturated heterocycles. The third-order valence-electron chi connectivity index (χ3n) is 3.08. The molecular weight excluding hydrogens is 274 g/mol. The van der Waals surface area contributed by atoms with Gasteiger partial charge in [0.15, 0.2) is 0 Å². The first kappa shape index (κ1) is 17.8. The number of hydrogen-bond donors (Lipinski definition) is 5. The van der Waals surface area contributed by atoms with Gasteiger partial charge in [-0.15, -0.1) is 0 Å². The summed E-state index contributed by atoms with van der Waals surface area (Å²) in [6.07, 6.45) is -2.92. The highest BCUT2D eigenvalue weighted by Crippen LogP contribution is 2.41. The molecule has 9 nitrogen and oxygen atoms in total. The van der Waals surface area contributed by atoms with Gasteiger partial charge in [-0.2, -0.15) is 0 Å². The fourth-order valence-corrected chi connectivity index (χ4v) is 2.28. The van der Waals surface area contributed by atoms with Crippen LogP contribution in [0.25, 0.3) is 0 Å². The highest BCUT2D eigenvalue weighted by molar-refractivity contribution is 5.76. The Balaban J connectivity index is 5.62. The van der Waals surface area contributed by atoms with Crippen molar-refractivity contribution < 1.29 is 39.6 Å². The summed E-state index contributed by atoms with van der Waals surface area (Å²) in [6, 6.07) is 0. The van der Waals surface area contributed by atoms with E-state index < -0.39 is 60.9 Å². The van der Waals surface area contributed by atoms with Gasteiger partial charge in [0.25, 0.3) is 0 Å². The van der Waals surface area contributed by atoms with Gasteiger partial charge in [-0.25, -0.2) is 0 Å². The molecular formula is C11H17NO8. The lowest BCUT2D eigenvalue weighted by Crippen LogP contribution is -2.42. The van der Waals surface area contributed by atoms with Crippen molar-refractivity contribution in [1.82, 2.24) is 0 Å². The third-order valence-corrected chi connectivity index (χ3v) is 3.08. The van der Waals surface area contributed by atoms with Gasteiger partial charge in [0, 0.05) is 11.8 Å². The van der Waals surface area contributed by atoms with E-state index in [0.717, 1.165) is 0 Å². The standard InChI is InChI=1S/C11H17NO8/c12-5-6(1-7(13)14)11(2-8(15)16,3-9(17)18)4-10(19)20/h6H,1-5,12H2,(H,13,14)(H,15,16)(H,17,18)(H,19,20). The maximum absolute atomic E-state index is 10.9. The minimum Gasteiger partial charge on any atom is -0.481 e. The molecule has 0 aliphatic carbocycles. The quantitative estimate of drug-likeness (QED) is 0.353. The molecule has 0 saturated carbocycles. The lowest BCUT2D eigenvalue weighted by Gasteiger charge is -2.36. The van der Waals surface area contributed by atoms with E-state index in [0.29, 0.717) is 0 Å². The fourth-order valence-electron chi connectivity index (χ4n) is 2.28. The van der Waals surface area contributed by atoms with Crippen LogP contribution in [0.5, 0.6) is 0 Å². The van der Waals surface area contributed by atoms with E-state index in [9.17, 15) is 19.2 Å². The molecule has 0 aliphatic rings. The van der Waals surface area contributed by atoms with Crippen molar-refractivity contribution in [3.05, 3.63) is 0 Å². The van der Waals surface area contributed by atoms with E-state index in [-0.39, 0.29) is 6.54 Å². The first-order valence-electron chi connectivity index (χ1n) is 5.70. The Morgan fingerprint density at radius 3 is 1.35 bits per heavy atom. The Labute approximate surface area is 114 Å². The number of carboxylic acid groups (broad SMARTS) is 4. The van der Waals surface area contributed by atoms with Crippen LogP contribution < -0.4 is 5.73 Å².